The predicted molar refractivity (Wildman–Crippen MR) is 147 cm³/mol. The van der Waals surface area contributed by atoms with Gasteiger partial charge >= 0.3 is 6.09 Å². The van der Waals surface area contributed by atoms with Gasteiger partial charge in [-0.05, 0) is 24.1 Å². The molecule has 39 heavy (non-hydrogen) atoms. The normalized spacial score (nSPS) is 15.7. The molecule has 1 fully saturated rings. The van der Waals surface area contributed by atoms with E-state index in [1.807, 2.05) is 61.7 Å². The second kappa shape index (κ2) is 9.44. The summed E-state index contributed by atoms with van der Waals surface area (Å²) in [6.45, 7) is 1.94. The largest absolute Gasteiger partial charge is 0.453 e. The lowest BCUT2D eigenvalue weighted by molar-refractivity contribution is -0.282. The highest BCUT2D eigenvalue weighted by atomic mass is 16.7. The highest BCUT2D eigenvalue weighted by Gasteiger charge is 2.58. The molecule has 2 aromatic carbocycles. The number of pyridine rings is 1. The van der Waals surface area contributed by atoms with E-state index in [2.05, 4.69) is 33.6 Å². The molecule has 0 saturated heterocycles. The number of rotatable bonds is 6. The molecule has 0 unspecified atom stereocenters. The third-order valence-electron chi connectivity index (χ3n) is 7.59. The molecule has 1 aliphatic carbocycles. The van der Waals surface area contributed by atoms with Crippen LogP contribution in [0.5, 0.6) is 0 Å². The van der Waals surface area contributed by atoms with Gasteiger partial charge in [-0.2, -0.15) is 9.61 Å². The number of aryl methyl sites for hydroxylation is 1. The van der Waals surface area contributed by atoms with E-state index in [4.69, 9.17) is 19.2 Å². The summed E-state index contributed by atoms with van der Waals surface area (Å²) in [5.74, 6) is -0.763. The molecule has 5 aromatic rings. The first-order valence-corrected chi connectivity index (χ1v) is 12.7. The number of ether oxygens (including phenoxy) is 3. The summed E-state index contributed by atoms with van der Waals surface area (Å²) in [5, 5.41) is 8.53. The number of benzene rings is 2. The summed E-state index contributed by atoms with van der Waals surface area (Å²) in [6, 6.07) is 22.3. The number of hydrogen-bond donors (Lipinski definition) is 1. The van der Waals surface area contributed by atoms with Gasteiger partial charge < -0.3 is 19.5 Å². The summed E-state index contributed by atoms with van der Waals surface area (Å²) < 4.78 is 17.9. The Morgan fingerprint density at radius 1 is 0.949 bits per heavy atom. The standard InChI is InChI=1S/C30H29N5O4/c1-19-14-25-31-16-22-15-24(20-8-6-5-7-9-20)26(32-27(22)35(25)34-19)21-10-12-23(13-11-21)29(33-28(36)37-2)17-30(18-29,38-3)39-4/h5-16H,17-18H2,1-4H3,(H,33,36). The van der Waals surface area contributed by atoms with Crippen LogP contribution in [-0.4, -0.2) is 52.8 Å². The van der Waals surface area contributed by atoms with Crippen molar-refractivity contribution in [2.24, 2.45) is 0 Å². The van der Waals surface area contributed by atoms with E-state index in [0.717, 1.165) is 50.3 Å². The molecule has 9 heteroatoms. The molecule has 3 heterocycles. The molecule has 0 radical (unpaired) electrons. The molecular formula is C30H29N5O4. The maximum absolute atomic E-state index is 12.3. The van der Waals surface area contributed by atoms with Crippen molar-refractivity contribution in [3.63, 3.8) is 0 Å². The lowest BCUT2D eigenvalue weighted by Crippen LogP contribution is -2.64. The summed E-state index contributed by atoms with van der Waals surface area (Å²) in [6.07, 6.45) is 2.24. The molecule has 0 aliphatic heterocycles. The minimum Gasteiger partial charge on any atom is -0.453 e. The first-order chi connectivity index (χ1) is 18.9. The summed E-state index contributed by atoms with van der Waals surface area (Å²) in [7, 11) is 4.58. The van der Waals surface area contributed by atoms with Crippen molar-refractivity contribution in [2.45, 2.75) is 31.1 Å². The smallest absolute Gasteiger partial charge is 0.407 e. The zero-order valence-electron chi connectivity index (χ0n) is 22.3. The molecule has 9 nitrogen and oxygen atoms in total. The van der Waals surface area contributed by atoms with Crippen LogP contribution in [0.25, 0.3) is 39.1 Å². The van der Waals surface area contributed by atoms with Gasteiger partial charge in [0, 0.05) is 55.8 Å². The van der Waals surface area contributed by atoms with E-state index >= 15 is 0 Å². The van der Waals surface area contributed by atoms with E-state index in [1.54, 1.807) is 18.7 Å². The molecule has 0 spiro atoms. The number of nitrogens with one attached hydrogen (secondary N) is 1. The molecule has 0 bridgehead atoms. The molecule has 1 N–H and O–H groups in total. The number of hydrogen-bond acceptors (Lipinski definition) is 7. The van der Waals surface area contributed by atoms with Crippen LogP contribution in [0.1, 0.15) is 24.1 Å². The predicted octanol–water partition coefficient (Wildman–Crippen LogP) is 5.25. The first kappa shape index (κ1) is 25.0. The lowest BCUT2D eigenvalue weighted by Gasteiger charge is -2.54. The van der Waals surface area contributed by atoms with E-state index < -0.39 is 17.4 Å². The average molecular weight is 524 g/mol. The molecule has 6 rings (SSSR count). The average Bonchev–Trinajstić information content (AvgIpc) is 3.35. The van der Waals surface area contributed by atoms with Gasteiger partial charge in [-0.15, -0.1) is 0 Å². The van der Waals surface area contributed by atoms with E-state index in [0.29, 0.717) is 12.8 Å². The maximum atomic E-state index is 12.3. The second-order valence-corrected chi connectivity index (χ2v) is 9.93. The van der Waals surface area contributed by atoms with E-state index in [-0.39, 0.29) is 0 Å². The van der Waals surface area contributed by atoms with Crippen LogP contribution in [0.3, 0.4) is 0 Å². The van der Waals surface area contributed by atoms with Crippen LogP contribution in [0.2, 0.25) is 0 Å². The highest BCUT2D eigenvalue weighted by molar-refractivity contribution is 5.90. The van der Waals surface area contributed by atoms with Gasteiger partial charge in [-0.1, -0.05) is 54.6 Å². The van der Waals surface area contributed by atoms with Crippen LogP contribution >= 0.6 is 0 Å². The van der Waals surface area contributed by atoms with Crippen molar-refractivity contribution in [3.8, 4) is 22.4 Å². The number of aromatic nitrogens is 4. The molecule has 1 amide bonds. The Hall–Kier alpha value is -4.34. The zero-order chi connectivity index (χ0) is 27.2. The van der Waals surface area contributed by atoms with Gasteiger partial charge in [-0.25, -0.2) is 14.8 Å². The Bertz CT molecular complexity index is 1670. The number of carbonyl (C=O) groups excluding carboxylic acids is 1. The molecule has 0 atom stereocenters. The number of methoxy groups -OCH3 is 3. The topological polar surface area (TPSA) is 99.9 Å². The Kier molecular flexibility index (Phi) is 6.05. The Balaban J connectivity index is 1.47. The SMILES string of the molecule is COC(=O)NC1(c2ccc(-c3nc4c(cnc5cc(C)nn54)cc3-c3ccccc3)cc2)CC(OC)(OC)C1. The number of carbonyl (C=O) groups is 1. The zero-order valence-corrected chi connectivity index (χ0v) is 22.3. The van der Waals surface area contributed by atoms with Crippen molar-refractivity contribution < 1.29 is 19.0 Å². The Morgan fingerprint density at radius 2 is 1.67 bits per heavy atom. The van der Waals surface area contributed by atoms with Crippen molar-refractivity contribution in [1.29, 1.82) is 0 Å². The fourth-order valence-corrected chi connectivity index (χ4v) is 5.51. The summed E-state index contributed by atoms with van der Waals surface area (Å²) in [4.78, 5) is 22.0. The second-order valence-electron chi connectivity index (χ2n) is 9.93. The van der Waals surface area contributed by atoms with E-state index in [1.165, 1.54) is 7.11 Å². The fourth-order valence-electron chi connectivity index (χ4n) is 5.51. The quantitative estimate of drug-likeness (QED) is 0.303. The van der Waals surface area contributed by atoms with Gasteiger partial charge in [0.1, 0.15) is 0 Å². The molecule has 198 valence electrons. The Labute approximate surface area is 225 Å². The number of fused-ring (bicyclic) bond motifs is 3. The van der Waals surface area contributed by atoms with Gasteiger partial charge in [0.2, 0.25) is 0 Å². The third-order valence-corrected chi connectivity index (χ3v) is 7.59. The maximum Gasteiger partial charge on any atom is 0.407 e. The lowest BCUT2D eigenvalue weighted by atomic mass is 9.67. The van der Waals surface area contributed by atoms with Crippen molar-refractivity contribution in [3.05, 3.63) is 84.2 Å². The first-order valence-electron chi connectivity index (χ1n) is 12.7. The van der Waals surface area contributed by atoms with E-state index in [9.17, 15) is 4.79 Å². The van der Waals surface area contributed by atoms with Crippen LogP contribution in [-0.2, 0) is 19.7 Å². The summed E-state index contributed by atoms with van der Waals surface area (Å²) >= 11 is 0. The van der Waals surface area contributed by atoms with Crippen LogP contribution in [0.15, 0.2) is 72.9 Å². The molecule has 3 aromatic heterocycles. The third kappa shape index (κ3) is 4.20. The Morgan fingerprint density at radius 3 is 2.33 bits per heavy atom. The van der Waals surface area contributed by atoms with Crippen molar-refractivity contribution in [1.82, 2.24) is 24.9 Å². The highest BCUT2D eigenvalue weighted by Crippen LogP contribution is 2.51. The van der Waals surface area contributed by atoms with Crippen molar-refractivity contribution in [2.75, 3.05) is 21.3 Å². The minimum absolute atomic E-state index is 0.453. The number of nitrogens with zero attached hydrogens (tertiary/aromatic N) is 4. The van der Waals surface area contributed by atoms with Gasteiger partial charge in [0.15, 0.2) is 17.1 Å². The van der Waals surface area contributed by atoms with Crippen LogP contribution < -0.4 is 5.32 Å². The fraction of sp³-hybridized carbons (Fsp3) is 0.267. The molecule has 1 aliphatic rings. The number of amides is 1. The van der Waals surface area contributed by atoms with Gasteiger partial charge in [0.25, 0.3) is 0 Å². The van der Waals surface area contributed by atoms with Crippen molar-refractivity contribution >= 4 is 22.8 Å². The number of alkyl carbamates (subject to hydrolysis) is 1. The summed E-state index contributed by atoms with van der Waals surface area (Å²) in [5.41, 5.74) is 6.42. The monoisotopic (exact) mass is 523 g/mol. The van der Waals surface area contributed by atoms with Gasteiger partial charge in [0.05, 0.1) is 24.0 Å². The molecular weight excluding hydrogens is 494 g/mol. The molecule has 1 saturated carbocycles. The minimum atomic E-state index is -0.763. The van der Waals surface area contributed by atoms with Gasteiger partial charge in [-0.3, -0.25) is 0 Å². The van der Waals surface area contributed by atoms with Crippen LogP contribution in [0.4, 0.5) is 4.79 Å². The van der Waals surface area contributed by atoms with Crippen LogP contribution in [0, 0.1) is 6.92 Å².